The first-order valence-corrected chi connectivity index (χ1v) is 7.83. The zero-order chi connectivity index (χ0) is 14.5. The summed E-state index contributed by atoms with van der Waals surface area (Å²) in [5, 5.41) is 3.38. The number of nitrogens with zero attached hydrogens (tertiary/aromatic N) is 3. The minimum Gasteiger partial charge on any atom is -0.357 e. The fourth-order valence-electron chi connectivity index (χ4n) is 2.75. The lowest BCUT2D eigenvalue weighted by Crippen LogP contribution is -2.39. The molecule has 1 fully saturated rings. The number of aromatic amines is 1. The van der Waals surface area contributed by atoms with Crippen molar-refractivity contribution in [1.82, 2.24) is 20.2 Å². The summed E-state index contributed by atoms with van der Waals surface area (Å²) in [6.07, 6.45) is 3.39. The normalized spacial score (nSPS) is 15.9. The first-order chi connectivity index (χ1) is 10.4. The molecule has 1 aromatic heterocycles. The van der Waals surface area contributed by atoms with Crippen LogP contribution in [0, 0.1) is 0 Å². The van der Waals surface area contributed by atoms with Crippen LogP contribution in [0.25, 0.3) is 11.0 Å². The van der Waals surface area contributed by atoms with E-state index in [1.54, 1.807) is 0 Å². The number of aromatic nitrogens is 2. The maximum absolute atomic E-state index is 4.73. The number of hydrogen-bond donors (Lipinski definition) is 2. The Morgan fingerprint density at radius 2 is 2.14 bits per heavy atom. The molecule has 3 rings (SSSR count). The zero-order valence-electron chi connectivity index (χ0n) is 12.6. The van der Waals surface area contributed by atoms with Gasteiger partial charge in [-0.2, -0.15) is 0 Å². The maximum atomic E-state index is 4.73. The number of para-hydroxylation sites is 2. The van der Waals surface area contributed by atoms with Crippen LogP contribution in [0.3, 0.4) is 0 Å². The monoisotopic (exact) mass is 285 g/mol. The van der Waals surface area contributed by atoms with Crippen molar-refractivity contribution in [3.63, 3.8) is 0 Å². The van der Waals surface area contributed by atoms with Crippen molar-refractivity contribution in [3.05, 3.63) is 30.1 Å². The second-order valence-electron chi connectivity index (χ2n) is 5.38. The van der Waals surface area contributed by atoms with Crippen molar-refractivity contribution >= 4 is 17.0 Å². The summed E-state index contributed by atoms with van der Waals surface area (Å²) in [5.74, 6) is 2.06. The van der Waals surface area contributed by atoms with Crippen LogP contribution in [0.4, 0.5) is 0 Å². The van der Waals surface area contributed by atoms with Gasteiger partial charge in [0, 0.05) is 32.6 Å². The van der Waals surface area contributed by atoms with Gasteiger partial charge in [-0.25, -0.2) is 4.98 Å². The van der Waals surface area contributed by atoms with Crippen molar-refractivity contribution in [3.8, 4) is 0 Å². The smallest absolute Gasteiger partial charge is 0.193 e. The molecule has 5 nitrogen and oxygen atoms in total. The Bertz CT molecular complexity index is 577. The van der Waals surface area contributed by atoms with Crippen LogP contribution in [0.15, 0.2) is 29.3 Å². The van der Waals surface area contributed by atoms with Gasteiger partial charge in [0.15, 0.2) is 5.96 Å². The topological polar surface area (TPSA) is 56.3 Å². The first kappa shape index (κ1) is 13.9. The molecule has 112 valence electrons. The molecule has 0 radical (unpaired) electrons. The molecule has 21 heavy (non-hydrogen) atoms. The van der Waals surface area contributed by atoms with Gasteiger partial charge in [0.05, 0.1) is 11.0 Å². The summed E-state index contributed by atoms with van der Waals surface area (Å²) in [5.41, 5.74) is 2.13. The van der Waals surface area contributed by atoms with Gasteiger partial charge in [-0.15, -0.1) is 0 Å². The second kappa shape index (κ2) is 6.61. The molecule has 0 saturated carbocycles. The van der Waals surface area contributed by atoms with E-state index in [4.69, 9.17) is 4.99 Å². The number of imidazole rings is 1. The number of H-pyrrole nitrogens is 1. The van der Waals surface area contributed by atoms with Crippen LogP contribution in [0.5, 0.6) is 0 Å². The maximum Gasteiger partial charge on any atom is 0.193 e. The van der Waals surface area contributed by atoms with Crippen LogP contribution in [0.2, 0.25) is 0 Å². The van der Waals surface area contributed by atoms with Gasteiger partial charge in [0.2, 0.25) is 0 Å². The molecule has 0 unspecified atom stereocenters. The number of rotatable bonds is 4. The van der Waals surface area contributed by atoms with E-state index in [1.165, 1.54) is 12.8 Å². The molecule has 1 aliphatic heterocycles. The van der Waals surface area contributed by atoms with Gasteiger partial charge in [-0.1, -0.05) is 12.1 Å². The van der Waals surface area contributed by atoms with Crippen molar-refractivity contribution in [2.45, 2.75) is 26.2 Å². The van der Waals surface area contributed by atoms with E-state index in [2.05, 4.69) is 33.2 Å². The Morgan fingerprint density at radius 3 is 2.90 bits per heavy atom. The van der Waals surface area contributed by atoms with E-state index >= 15 is 0 Å². The molecule has 0 bridgehead atoms. The number of benzene rings is 1. The SMILES string of the molecule is CCNC(=NCCc1nc2ccccc2[nH]1)N1CCCC1. The van der Waals surface area contributed by atoms with Gasteiger partial charge in [0.1, 0.15) is 5.82 Å². The highest BCUT2D eigenvalue weighted by atomic mass is 15.3. The molecule has 0 spiro atoms. The Labute approximate surface area is 125 Å². The van der Waals surface area contributed by atoms with Gasteiger partial charge in [-0.3, -0.25) is 4.99 Å². The predicted molar refractivity (Wildman–Crippen MR) is 86.6 cm³/mol. The highest BCUT2D eigenvalue weighted by Gasteiger charge is 2.15. The van der Waals surface area contributed by atoms with E-state index in [0.717, 1.165) is 55.4 Å². The molecular weight excluding hydrogens is 262 g/mol. The molecule has 0 aliphatic carbocycles. The molecule has 2 heterocycles. The highest BCUT2D eigenvalue weighted by molar-refractivity contribution is 5.80. The standard InChI is InChI=1S/C16H23N5/c1-2-17-16(21-11-5-6-12-21)18-10-9-15-19-13-7-3-4-8-14(13)20-15/h3-4,7-8H,2,5-6,9-12H2,1H3,(H,17,18)(H,19,20). The molecule has 2 N–H and O–H groups in total. The molecule has 0 atom stereocenters. The van der Waals surface area contributed by atoms with E-state index in [-0.39, 0.29) is 0 Å². The molecule has 0 amide bonds. The minimum absolute atomic E-state index is 0.763. The predicted octanol–water partition coefficient (Wildman–Crippen LogP) is 2.17. The number of guanidine groups is 1. The van der Waals surface area contributed by atoms with Crippen molar-refractivity contribution < 1.29 is 0 Å². The summed E-state index contributed by atoms with van der Waals surface area (Å²) < 4.78 is 0. The second-order valence-corrected chi connectivity index (χ2v) is 5.38. The van der Waals surface area contributed by atoms with Gasteiger partial charge in [0.25, 0.3) is 0 Å². The van der Waals surface area contributed by atoms with Crippen LogP contribution in [-0.4, -0.2) is 47.0 Å². The summed E-state index contributed by atoms with van der Waals surface area (Å²) in [7, 11) is 0. The van der Waals surface area contributed by atoms with E-state index < -0.39 is 0 Å². The first-order valence-electron chi connectivity index (χ1n) is 7.83. The van der Waals surface area contributed by atoms with E-state index in [0.29, 0.717) is 0 Å². The number of aliphatic imine (C=N–C) groups is 1. The minimum atomic E-state index is 0.763. The summed E-state index contributed by atoms with van der Waals surface area (Å²) in [6.45, 7) is 6.04. The van der Waals surface area contributed by atoms with Crippen LogP contribution in [0.1, 0.15) is 25.6 Å². The number of hydrogen-bond acceptors (Lipinski definition) is 2. The van der Waals surface area contributed by atoms with Gasteiger partial charge >= 0.3 is 0 Å². The Kier molecular flexibility index (Phi) is 4.38. The van der Waals surface area contributed by atoms with Gasteiger partial charge < -0.3 is 15.2 Å². The molecule has 1 aliphatic rings. The Hall–Kier alpha value is -2.04. The molecular formula is C16H23N5. The molecule has 1 saturated heterocycles. The largest absolute Gasteiger partial charge is 0.357 e. The fraction of sp³-hybridized carbons (Fsp3) is 0.500. The third-order valence-corrected chi connectivity index (χ3v) is 3.79. The third-order valence-electron chi connectivity index (χ3n) is 3.79. The zero-order valence-corrected chi connectivity index (χ0v) is 12.6. The summed E-state index contributed by atoms with van der Waals surface area (Å²) in [6, 6.07) is 8.14. The summed E-state index contributed by atoms with van der Waals surface area (Å²) in [4.78, 5) is 15.0. The average Bonchev–Trinajstić information content (AvgIpc) is 3.15. The van der Waals surface area contributed by atoms with E-state index in [9.17, 15) is 0 Å². The quantitative estimate of drug-likeness (QED) is 0.668. The van der Waals surface area contributed by atoms with Crippen molar-refractivity contribution in [2.75, 3.05) is 26.2 Å². The van der Waals surface area contributed by atoms with Crippen molar-refractivity contribution in [2.24, 2.45) is 4.99 Å². The number of likely N-dealkylation sites (tertiary alicyclic amines) is 1. The van der Waals surface area contributed by atoms with Crippen LogP contribution < -0.4 is 5.32 Å². The van der Waals surface area contributed by atoms with E-state index in [1.807, 2.05) is 18.2 Å². The number of fused-ring (bicyclic) bond motifs is 1. The Morgan fingerprint density at radius 1 is 1.33 bits per heavy atom. The average molecular weight is 285 g/mol. The lowest BCUT2D eigenvalue weighted by Gasteiger charge is -2.20. The number of nitrogens with one attached hydrogen (secondary N) is 2. The van der Waals surface area contributed by atoms with Gasteiger partial charge in [-0.05, 0) is 31.9 Å². The lowest BCUT2D eigenvalue weighted by atomic mass is 10.3. The lowest BCUT2D eigenvalue weighted by molar-refractivity contribution is 0.494. The summed E-state index contributed by atoms with van der Waals surface area (Å²) >= 11 is 0. The molecule has 2 aromatic rings. The Balaban J connectivity index is 1.63. The molecule has 5 heteroatoms. The third kappa shape index (κ3) is 3.35. The molecule has 1 aromatic carbocycles. The van der Waals surface area contributed by atoms with Crippen LogP contribution in [-0.2, 0) is 6.42 Å². The fourth-order valence-corrected chi connectivity index (χ4v) is 2.75. The van der Waals surface area contributed by atoms with Crippen LogP contribution >= 0.6 is 0 Å². The highest BCUT2D eigenvalue weighted by Crippen LogP contribution is 2.11. The van der Waals surface area contributed by atoms with Crippen molar-refractivity contribution in [1.29, 1.82) is 0 Å².